The molecule has 0 heterocycles. The zero-order valence-corrected chi connectivity index (χ0v) is 18.6. The van der Waals surface area contributed by atoms with Crippen LogP contribution in [0.15, 0.2) is 60.7 Å². The van der Waals surface area contributed by atoms with Crippen molar-refractivity contribution in [3.05, 3.63) is 71.8 Å². The molecule has 2 rings (SSSR count). The molecule has 0 aliphatic heterocycles. The van der Waals surface area contributed by atoms with Crippen molar-refractivity contribution in [1.82, 2.24) is 9.96 Å². The summed E-state index contributed by atoms with van der Waals surface area (Å²) >= 11 is 0. The molecule has 0 aliphatic carbocycles. The van der Waals surface area contributed by atoms with E-state index in [-0.39, 0.29) is 0 Å². The number of nitrogens with one attached hydrogen (secondary N) is 2. The van der Waals surface area contributed by atoms with Crippen LogP contribution >= 0.6 is 0 Å². The molecule has 0 aliphatic rings. The SMILES string of the molecule is C[Si](C)(C)NC(CC(N[Si](C)(C)C)c1ccccc1)c1ccccc1. The molecule has 2 aromatic rings. The Balaban J connectivity index is 2.31. The van der Waals surface area contributed by atoms with E-state index in [1.807, 2.05) is 0 Å². The highest BCUT2D eigenvalue weighted by Gasteiger charge is 2.27. The lowest BCUT2D eigenvalue weighted by Gasteiger charge is -2.34. The van der Waals surface area contributed by atoms with Crippen molar-refractivity contribution in [2.45, 2.75) is 57.8 Å². The summed E-state index contributed by atoms with van der Waals surface area (Å²) in [4.78, 5) is 7.95. The standard InChI is InChI=1S/C21H34N2Si2/c1-24(2,3)22-20(18-13-9-7-10-14-18)17-21(23-25(4,5)6)19-15-11-8-12-16-19/h7-16,20-23H,17H2,1-6H3. The first-order chi connectivity index (χ1) is 11.6. The minimum atomic E-state index is -1.40. The van der Waals surface area contributed by atoms with Gasteiger partial charge in [0, 0.05) is 12.1 Å². The predicted molar refractivity (Wildman–Crippen MR) is 116 cm³/mol. The van der Waals surface area contributed by atoms with Gasteiger partial charge in [-0.25, -0.2) is 0 Å². The van der Waals surface area contributed by atoms with Gasteiger partial charge in [0.2, 0.25) is 0 Å². The first kappa shape index (κ1) is 20.1. The third-order valence-corrected chi connectivity index (χ3v) is 6.52. The molecule has 4 heteroatoms. The van der Waals surface area contributed by atoms with E-state index in [2.05, 4.69) is 110 Å². The molecule has 136 valence electrons. The molecule has 0 saturated heterocycles. The van der Waals surface area contributed by atoms with E-state index >= 15 is 0 Å². The second kappa shape index (κ2) is 8.45. The minimum absolute atomic E-state index is 0.377. The van der Waals surface area contributed by atoms with Crippen LogP contribution in [0, 0.1) is 0 Å². The Morgan fingerprint density at radius 1 is 0.600 bits per heavy atom. The van der Waals surface area contributed by atoms with Crippen molar-refractivity contribution < 1.29 is 0 Å². The van der Waals surface area contributed by atoms with Crippen molar-refractivity contribution >= 4 is 16.5 Å². The molecule has 0 amide bonds. The van der Waals surface area contributed by atoms with Crippen molar-refractivity contribution in [3.63, 3.8) is 0 Å². The van der Waals surface area contributed by atoms with Gasteiger partial charge in [-0.2, -0.15) is 0 Å². The van der Waals surface area contributed by atoms with Gasteiger partial charge >= 0.3 is 0 Å². The molecular formula is C21H34N2Si2. The summed E-state index contributed by atoms with van der Waals surface area (Å²) in [6, 6.07) is 22.6. The number of benzene rings is 2. The monoisotopic (exact) mass is 370 g/mol. The average molecular weight is 371 g/mol. The van der Waals surface area contributed by atoms with Gasteiger partial charge in [0.15, 0.2) is 0 Å². The third-order valence-electron chi connectivity index (χ3n) is 4.09. The summed E-state index contributed by atoms with van der Waals surface area (Å²) in [5.74, 6) is 0. The van der Waals surface area contributed by atoms with Crippen LogP contribution in [-0.2, 0) is 0 Å². The van der Waals surface area contributed by atoms with Crippen LogP contribution in [0.3, 0.4) is 0 Å². The van der Waals surface area contributed by atoms with Crippen LogP contribution < -0.4 is 9.96 Å². The Labute approximate surface area is 156 Å². The van der Waals surface area contributed by atoms with E-state index in [1.165, 1.54) is 11.1 Å². The van der Waals surface area contributed by atoms with E-state index in [9.17, 15) is 0 Å². The van der Waals surface area contributed by atoms with Gasteiger partial charge in [-0.3, -0.25) is 0 Å². The van der Waals surface area contributed by atoms with Crippen LogP contribution in [0.2, 0.25) is 39.3 Å². The normalized spacial score (nSPS) is 15.0. The smallest absolute Gasteiger partial charge is 0.116 e. The van der Waals surface area contributed by atoms with Crippen LogP contribution in [-0.4, -0.2) is 16.5 Å². The molecule has 2 unspecified atom stereocenters. The van der Waals surface area contributed by atoms with Crippen molar-refractivity contribution in [3.8, 4) is 0 Å². The number of hydrogen-bond acceptors (Lipinski definition) is 2. The molecule has 25 heavy (non-hydrogen) atoms. The Bertz CT molecular complexity index is 573. The fraction of sp³-hybridized carbons (Fsp3) is 0.429. The Morgan fingerprint density at radius 3 is 1.20 bits per heavy atom. The summed E-state index contributed by atoms with van der Waals surface area (Å²) in [5.41, 5.74) is 2.78. The molecule has 0 saturated carbocycles. The zero-order valence-electron chi connectivity index (χ0n) is 16.6. The number of rotatable bonds is 8. The lowest BCUT2D eigenvalue weighted by Crippen LogP contribution is -2.47. The molecule has 2 atom stereocenters. The highest BCUT2D eigenvalue weighted by molar-refractivity contribution is 6.74. The quantitative estimate of drug-likeness (QED) is 0.582. The predicted octanol–water partition coefficient (Wildman–Crippen LogP) is 5.71. The lowest BCUT2D eigenvalue weighted by molar-refractivity contribution is 0.490. The maximum atomic E-state index is 3.97. The summed E-state index contributed by atoms with van der Waals surface area (Å²) in [6.07, 6.45) is 1.07. The Morgan fingerprint density at radius 2 is 0.920 bits per heavy atom. The highest BCUT2D eigenvalue weighted by atomic mass is 28.3. The van der Waals surface area contributed by atoms with Crippen molar-refractivity contribution in [2.75, 3.05) is 0 Å². The van der Waals surface area contributed by atoms with Crippen LogP contribution in [0.5, 0.6) is 0 Å². The molecule has 0 spiro atoms. The van der Waals surface area contributed by atoms with E-state index in [0.29, 0.717) is 12.1 Å². The first-order valence-corrected chi connectivity index (χ1v) is 16.3. The van der Waals surface area contributed by atoms with Crippen molar-refractivity contribution in [1.29, 1.82) is 0 Å². The van der Waals surface area contributed by atoms with Gasteiger partial charge in [-0.1, -0.05) is 99.9 Å². The number of hydrogen-bond donors (Lipinski definition) is 2. The summed E-state index contributed by atoms with van der Waals surface area (Å²) in [7, 11) is -2.79. The lowest BCUT2D eigenvalue weighted by atomic mass is 9.96. The molecule has 2 aromatic carbocycles. The molecule has 0 radical (unpaired) electrons. The van der Waals surface area contributed by atoms with Gasteiger partial charge in [-0.05, 0) is 17.5 Å². The van der Waals surface area contributed by atoms with E-state index in [1.54, 1.807) is 0 Å². The molecule has 2 nitrogen and oxygen atoms in total. The second-order valence-electron chi connectivity index (χ2n) is 8.95. The molecule has 2 N–H and O–H groups in total. The second-order valence-corrected chi connectivity index (χ2v) is 18.5. The summed E-state index contributed by atoms with van der Waals surface area (Å²) in [5, 5.41) is 0. The first-order valence-electron chi connectivity index (χ1n) is 9.29. The van der Waals surface area contributed by atoms with Gasteiger partial charge < -0.3 is 9.96 Å². The van der Waals surface area contributed by atoms with Gasteiger partial charge in [0.1, 0.15) is 16.5 Å². The zero-order chi connectivity index (χ0) is 18.5. The molecule has 0 aromatic heterocycles. The van der Waals surface area contributed by atoms with Gasteiger partial charge in [0.05, 0.1) is 0 Å². The fourth-order valence-corrected chi connectivity index (χ4v) is 5.87. The molecule has 0 bridgehead atoms. The fourth-order valence-electron chi connectivity index (χ4n) is 3.21. The van der Waals surface area contributed by atoms with Crippen LogP contribution in [0.1, 0.15) is 29.6 Å². The van der Waals surface area contributed by atoms with Crippen LogP contribution in [0.25, 0.3) is 0 Å². The highest BCUT2D eigenvalue weighted by Crippen LogP contribution is 2.29. The van der Waals surface area contributed by atoms with E-state index in [0.717, 1.165) is 6.42 Å². The largest absolute Gasteiger partial charge is 0.331 e. The van der Waals surface area contributed by atoms with Gasteiger partial charge in [-0.15, -0.1) is 0 Å². The topological polar surface area (TPSA) is 24.1 Å². The Kier molecular flexibility index (Phi) is 6.80. The third kappa shape index (κ3) is 7.28. The van der Waals surface area contributed by atoms with E-state index < -0.39 is 16.5 Å². The maximum absolute atomic E-state index is 3.97. The minimum Gasteiger partial charge on any atom is -0.331 e. The van der Waals surface area contributed by atoms with Crippen molar-refractivity contribution in [2.24, 2.45) is 0 Å². The Hall–Kier alpha value is -1.21. The summed E-state index contributed by atoms with van der Waals surface area (Å²) < 4.78 is 0. The van der Waals surface area contributed by atoms with Crippen LogP contribution in [0.4, 0.5) is 0 Å². The van der Waals surface area contributed by atoms with E-state index in [4.69, 9.17) is 0 Å². The molecular weight excluding hydrogens is 336 g/mol. The maximum Gasteiger partial charge on any atom is 0.116 e. The molecule has 0 fully saturated rings. The van der Waals surface area contributed by atoms with Gasteiger partial charge in [0.25, 0.3) is 0 Å². The average Bonchev–Trinajstić information content (AvgIpc) is 2.53. The summed E-state index contributed by atoms with van der Waals surface area (Å²) in [6.45, 7) is 14.3.